The van der Waals surface area contributed by atoms with Crippen LogP contribution in [0.4, 0.5) is 0 Å². The van der Waals surface area contributed by atoms with Gasteiger partial charge in [-0.25, -0.2) is 0 Å². The smallest absolute Gasteiger partial charge is 0.239 e. The van der Waals surface area contributed by atoms with Crippen molar-refractivity contribution in [3.63, 3.8) is 0 Å². The first-order valence-corrected chi connectivity index (χ1v) is 8.36. The van der Waals surface area contributed by atoms with Crippen LogP contribution in [-0.2, 0) is 11.3 Å². The van der Waals surface area contributed by atoms with Crippen LogP contribution in [-0.4, -0.2) is 43.6 Å². The molecular formula is C15H18N6O2S. The Hall–Kier alpha value is -2.26. The molecule has 9 heteroatoms. The number of aromatic nitrogens is 6. The minimum atomic E-state index is -0.0259. The average Bonchev–Trinajstić information content (AvgIpc) is 3.20. The van der Waals surface area contributed by atoms with Crippen molar-refractivity contribution >= 4 is 11.8 Å². The third kappa shape index (κ3) is 3.62. The molecule has 0 aromatic carbocycles. The second-order valence-corrected chi connectivity index (χ2v) is 6.43. The van der Waals surface area contributed by atoms with Crippen LogP contribution in [0.15, 0.2) is 34.2 Å². The van der Waals surface area contributed by atoms with Gasteiger partial charge < -0.3 is 9.26 Å². The van der Waals surface area contributed by atoms with Crippen molar-refractivity contribution in [2.45, 2.75) is 30.8 Å². The standard InChI is InChI=1S/C15H18N6O2S/c1-10(14-17-11(2)20-23-14)24-15-19-18-13(21(15)8-9-22-3)12-4-6-16-7-5-12/h4-7,10H,8-9H2,1-3H3. The van der Waals surface area contributed by atoms with Gasteiger partial charge in [0.05, 0.1) is 18.4 Å². The van der Waals surface area contributed by atoms with E-state index in [1.165, 1.54) is 11.8 Å². The maximum Gasteiger partial charge on any atom is 0.239 e. The van der Waals surface area contributed by atoms with Gasteiger partial charge in [-0.15, -0.1) is 10.2 Å². The fourth-order valence-corrected chi connectivity index (χ4v) is 3.07. The Morgan fingerprint density at radius 1 is 1.29 bits per heavy atom. The van der Waals surface area contributed by atoms with E-state index in [9.17, 15) is 0 Å². The Bertz CT molecular complexity index is 788. The summed E-state index contributed by atoms with van der Waals surface area (Å²) >= 11 is 1.52. The van der Waals surface area contributed by atoms with Crippen LogP contribution < -0.4 is 0 Å². The van der Waals surface area contributed by atoms with Crippen LogP contribution in [0.25, 0.3) is 11.4 Å². The molecule has 0 fully saturated rings. The van der Waals surface area contributed by atoms with E-state index >= 15 is 0 Å². The Balaban J connectivity index is 1.88. The summed E-state index contributed by atoms with van der Waals surface area (Å²) < 4.78 is 12.5. The molecule has 3 rings (SSSR count). The number of hydrogen-bond donors (Lipinski definition) is 0. The molecule has 0 N–H and O–H groups in total. The van der Waals surface area contributed by atoms with E-state index in [0.717, 1.165) is 16.5 Å². The molecule has 126 valence electrons. The molecule has 0 amide bonds. The Morgan fingerprint density at radius 2 is 2.08 bits per heavy atom. The summed E-state index contributed by atoms with van der Waals surface area (Å²) in [7, 11) is 1.67. The van der Waals surface area contributed by atoms with Crippen molar-refractivity contribution in [1.29, 1.82) is 0 Å². The molecule has 0 aliphatic rings. The highest BCUT2D eigenvalue weighted by atomic mass is 32.2. The molecule has 1 atom stereocenters. The van der Waals surface area contributed by atoms with Gasteiger partial charge in [0, 0.05) is 25.1 Å². The lowest BCUT2D eigenvalue weighted by molar-refractivity contribution is 0.185. The second kappa shape index (κ2) is 7.54. The summed E-state index contributed by atoms with van der Waals surface area (Å²) in [6, 6.07) is 3.82. The van der Waals surface area contributed by atoms with E-state index in [1.54, 1.807) is 26.4 Å². The van der Waals surface area contributed by atoms with Gasteiger partial charge in [0.25, 0.3) is 0 Å². The fourth-order valence-electron chi connectivity index (χ4n) is 2.16. The summed E-state index contributed by atoms with van der Waals surface area (Å²) in [5, 5.41) is 13.3. The first kappa shape index (κ1) is 16.6. The number of pyridine rings is 1. The summed E-state index contributed by atoms with van der Waals surface area (Å²) in [5.74, 6) is 1.98. The zero-order valence-electron chi connectivity index (χ0n) is 13.7. The van der Waals surface area contributed by atoms with E-state index in [1.807, 2.05) is 23.6 Å². The molecule has 0 saturated heterocycles. The molecule has 3 heterocycles. The quantitative estimate of drug-likeness (QED) is 0.603. The maximum absolute atomic E-state index is 5.24. The van der Waals surface area contributed by atoms with Crippen LogP contribution in [0.2, 0.25) is 0 Å². The fraction of sp³-hybridized carbons (Fsp3) is 0.400. The highest BCUT2D eigenvalue weighted by Crippen LogP contribution is 2.34. The van der Waals surface area contributed by atoms with Gasteiger partial charge in [-0.2, -0.15) is 4.98 Å². The highest BCUT2D eigenvalue weighted by Gasteiger charge is 2.20. The molecular weight excluding hydrogens is 328 g/mol. The number of ether oxygens (including phenoxy) is 1. The van der Waals surface area contributed by atoms with Crippen molar-refractivity contribution in [3.8, 4) is 11.4 Å². The van der Waals surface area contributed by atoms with Gasteiger partial charge in [-0.3, -0.25) is 9.55 Å². The number of nitrogens with zero attached hydrogens (tertiary/aromatic N) is 6. The first-order chi connectivity index (χ1) is 11.7. The van der Waals surface area contributed by atoms with Gasteiger partial charge in [0.2, 0.25) is 5.89 Å². The molecule has 3 aromatic heterocycles. The van der Waals surface area contributed by atoms with E-state index < -0.39 is 0 Å². The van der Waals surface area contributed by atoms with Crippen molar-refractivity contribution in [2.24, 2.45) is 0 Å². The van der Waals surface area contributed by atoms with Crippen molar-refractivity contribution in [3.05, 3.63) is 36.2 Å². The summed E-state index contributed by atoms with van der Waals surface area (Å²) in [6.07, 6.45) is 3.47. The van der Waals surface area contributed by atoms with Gasteiger partial charge in [0.15, 0.2) is 16.8 Å². The SMILES string of the molecule is COCCn1c(SC(C)c2nc(C)no2)nnc1-c1ccncc1. The van der Waals surface area contributed by atoms with Gasteiger partial charge in [-0.1, -0.05) is 16.9 Å². The second-order valence-electron chi connectivity index (χ2n) is 5.13. The van der Waals surface area contributed by atoms with Crippen molar-refractivity contribution in [1.82, 2.24) is 29.9 Å². The number of thioether (sulfide) groups is 1. The zero-order valence-corrected chi connectivity index (χ0v) is 14.5. The molecule has 24 heavy (non-hydrogen) atoms. The predicted molar refractivity (Wildman–Crippen MR) is 88.4 cm³/mol. The molecule has 0 aliphatic heterocycles. The number of aryl methyl sites for hydroxylation is 1. The summed E-state index contributed by atoms with van der Waals surface area (Å²) in [4.78, 5) is 8.32. The maximum atomic E-state index is 5.24. The third-order valence-corrected chi connectivity index (χ3v) is 4.42. The van der Waals surface area contributed by atoms with Crippen LogP contribution in [0.5, 0.6) is 0 Å². The summed E-state index contributed by atoms with van der Waals surface area (Å²) in [5.41, 5.74) is 0.960. The highest BCUT2D eigenvalue weighted by molar-refractivity contribution is 7.99. The van der Waals surface area contributed by atoms with Crippen LogP contribution in [0.3, 0.4) is 0 Å². The van der Waals surface area contributed by atoms with E-state index in [-0.39, 0.29) is 5.25 Å². The van der Waals surface area contributed by atoms with E-state index in [2.05, 4.69) is 25.3 Å². The molecule has 8 nitrogen and oxygen atoms in total. The minimum absolute atomic E-state index is 0.0259. The molecule has 1 unspecified atom stereocenters. The Labute approximate surface area is 143 Å². The molecule has 0 bridgehead atoms. The molecule has 0 saturated carbocycles. The van der Waals surface area contributed by atoms with Gasteiger partial charge >= 0.3 is 0 Å². The Kier molecular flexibility index (Phi) is 5.21. The lowest BCUT2D eigenvalue weighted by atomic mass is 10.2. The third-order valence-electron chi connectivity index (χ3n) is 3.35. The number of hydrogen-bond acceptors (Lipinski definition) is 8. The largest absolute Gasteiger partial charge is 0.383 e. The molecule has 0 spiro atoms. The normalized spacial score (nSPS) is 12.5. The molecule has 0 radical (unpaired) electrons. The van der Waals surface area contributed by atoms with Crippen LogP contribution >= 0.6 is 11.8 Å². The van der Waals surface area contributed by atoms with Gasteiger partial charge in [-0.05, 0) is 26.0 Å². The van der Waals surface area contributed by atoms with Gasteiger partial charge in [0.1, 0.15) is 0 Å². The predicted octanol–water partition coefficient (Wildman–Crippen LogP) is 2.53. The number of rotatable bonds is 7. The monoisotopic (exact) mass is 346 g/mol. The lowest BCUT2D eigenvalue weighted by Gasteiger charge is -2.11. The average molecular weight is 346 g/mol. The van der Waals surface area contributed by atoms with Crippen LogP contribution in [0, 0.1) is 6.92 Å². The molecule has 3 aromatic rings. The van der Waals surface area contributed by atoms with Crippen molar-refractivity contribution < 1.29 is 9.26 Å². The Morgan fingerprint density at radius 3 is 2.75 bits per heavy atom. The topological polar surface area (TPSA) is 91.8 Å². The zero-order chi connectivity index (χ0) is 16.9. The van der Waals surface area contributed by atoms with E-state index in [4.69, 9.17) is 9.26 Å². The first-order valence-electron chi connectivity index (χ1n) is 7.48. The molecule has 0 aliphatic carbocycles. The summed E-state index contributed by atoms with van der Waals surface area (Å²) in [6.45, 7) is 5.02. The van der Waals surface area contributed by atoms with Crippen molar-refractivity contribution in [2.75, 3.05) is 13.7 Å². The van der Waals surface area contributed by atoms with Crippen LogP contribution in [0.1, 0.15) is 23.9 Å². The number of methoxy groups -OCH3 is 1. The lowest BCUT2D eigenvalue weighted by Crippen LogP contribution is -2.08. The minimum Gasteiger partial charge on any atom is -0.383 e. The van der Waals surface area contributed by atoms with E-state index in [0.29, 0.717) is 24.9 Å².